The SMILES string of the molecule is NC[C@@H]1C[C@H](O)[C@H](O)[C@H]1N1CCOCC1. The maximum absolute atomic E-state index is 9.92. The minimum absolute atomic E-state index is 0.00824. The summed E-state index contributed by atoms with van der Waals surface area (Å²) in [5.74, 6) is 0.202. The van der Waals surface area contributed by atoms with Crippen LogP contribution in [-0.4, -0.2) is 66.2 Å². The van der Waals surface area contributed by atoms with Crippen molar-refractivity contribution in [3.63, 3.8) is 0 Å². The molecule has 0 amide bonds. The van der Waals surface area contributed by atoms with Gasteiger partial charge in [0.05, 0.1) is 25.4 Å². The zero-order valence-electron chi connectivity index (χ0n) is 8.88. The molecule has 0 unspecified atom stereocenters. The number of hydrogen-bond acceptors (Lipinski definition) is 5. The van der Waals surface area contributed by atoms with Crippen LogP contribution < -0.4 is 5.73 Å². The van der Waals surface area contributed by atoms with Gasteiger partial charge in [0.15, 0.2) is 0 Å². The van der Waals surface area contributed by atoms with Gasteiger partial charge in [-0.05, 0) is 18.9 Å². The summed E-state index contributed by atoms with van der Waals surface area (Å²) in [4.78, 5) is 2.20. The summed E-state index contributed by atoms with van der Waals surface area (Å²) in [6.45, 7) is 3.58. The van der Waals surface area contributed by atoms with Gasteiger partial charge in [-0.25, -0.2) is 0 Å². The molecule has 5 heteroatoms. The van der Waals surface area contributed by atoms with Gasteiger partial charge in [0.1, 0.15) is 0 Å². The molecule has 15 heavy (non-hydrogen) atoms. The second kappa shape index (κ2) is 4.76. The van der Waals surface area contributed by atoms with Crippen molar-refractivity contribution < 1.29 is 14.9 Å². The Morgan fingerprint density at radius 1 is 1.27 bits per heavy atom. The molecule has 0 spiro atoms. The summed E-state index contributed by atoms with van der Waals surface area (Å²) in [6.07, 6.45) is -0.664. The smallest absolute Gasteiger partial charge is 0.0957 e. The molecule has 1 saturated carbocycles. The maximum atomic E-state index is 9.92. The summed E-state index contributed by atoms with van der Waals surface area (Å²) in [6, 6.07) is 0.00824. The third kappa shape index (κ3) is 2.16. The van der Waals surface area contributed by atoms with Crippen LogP contribution in [0, 0.1) is 5.92 Å². The van der Waals surface area contributed by atoms with E-state index in [1.165, 1.54) is 0 Å². The molecule has 0 bridgehead atoms. The molecule has 1 saturated heterocycles. The van der Waals surface area contributed by atoms with Gasteiger partial charge in [0.2, 0.25) is 0 Å². The molecule has 1 aliphatic carbocycles. The Morgan fingerprint density at radius 2 is 1.93 bits per heavy atom. The first-order valence-corrected chi connectivity index (χ1v) is 5.62. The van der Waals surface area contributed by atoms with Crippen molar-refractivity contribution in [2.24, 2.45) is 11.7 Å². The van der Waals surface area contributed by atoms with E-state index in [2.05, 4.69) is 4.90 Å². The predicted octanol–water partition coefficient (Wildman–Crippen LogP) is -1.61. The largest absolute Gasteiger partial charge is 0.390 e. The average molecular weight is 216 g/mol. The average Bonchev–Trinajstić information content (AvgIpc) is 2.56. The Bertz CT molecular complexity index is 209. The molecule has 88 valence electrons. The highest BCUT2D eigenvalue weighted by atomic mass is 16.5. The summed E-state index contributed by atoms with van der Waals surface area (Å²) < 4.78 is 5.27. The third-order valence-corrected chi connectivity index (χ3v) is 3.54. The molecular formula is C10H20N2O3. The first-order valence-electron chi connectivity index (χ1n) is 5.62. The second-order valence-corrected chi connectivity index (χ2v) is 4.43. The van der Waals surface area contributed by atoms with Gasteiger partial charge in [-0.3, -0.25) is 4.90 Å². The lowest BCUT2D eigenvalue weighted by molar-refractivity contribution is -0.0424. The van der Waals surface area contributed by atoms with Crippen LogP contribution in [0.5, 0.6) is 0 Å². The number of aliphatic hydroxyl groups excluding tert-OH is 2. The molecule has 0 radical (unpaired) electrons. The molecular weight excluding hydrogens is 196 g/mol. The van der Waals surface area contributed by atoms with Crippen LogP contribution in [0.1, 0.15) is 6.42 Å². The first kappa shape index (κ1) is 11.3. The normalized spacial score (nSPS) is 43.4. The van der Waals surface area contributed by atoms with E-state index < -0.39 is 12.2 Å². The molecule has 5 nitrogen and oxygen atoms in total. The van der Waals surface area contributed by atoms with Crippen molar-refractivity contribution in [1.29, 1.82) is 0 Å². The Morgan fingerprint density at radius 3 is 2.53 bits per heavy atom. The number of nitrogens with zero attached hydrogens (tertiary/aromatic N) is 1. The second-order valence-electron chi connectivity index (χ2n) is 4.43. The van der Waals surface area contributed by atoms with Gasteiger partial charge >= 0.3 is 0 Å². The number of aliphatic hydroxyl groups is 2. The van der Waals surface area contributed by atoms with Crippen LogP contribution in [0.4, 0.5) is 0 Å². The molecule has 0 aromatic carbocycles. The Kier molecular flexibility index (Phi) is 3.58. The van der Waals surface area contributed by atoms with E-state index in [0.29, 0.717) is 26.2 Å². The first-order chi connectivity index (χ1) is 7.24. The monoisotopic (exact) mass is 216 g/mol. The maximum Gasteiger partial charge on any atom is 0.0957 e. The highest BCUT2D eigenvalue weighted by Crippen LogP contribution is 2.30. The molecule has 1 heterocycles. The van der Waals surface area contributed by atoms with Gasteiger partial charge in [-0.2, -0.15) is 0 Å². The number of rotatable bonds is 2. The molecule has 2 fully saturated rings. The zero-order valence-corrected chi connectivity index (χ0v) is 8.88. The van der Waals surface area contributed by atoms with Gasteiger partial charge in [-0.15, -0.1) is 0 Å². The Balaban J connectivity index is 2.03. The van der Waals surface area contributed by atoms with Crippen molar-refractivity contribution in [2.75, 3.05) is 32.8 Å². The highest BCUT2D eigenvalue weighted by Gasteiger charge is 2.44. The van der Waals surface area contributed by atoms with Crippen LogP contribution in [-0.2, 0) is 4.74 Å². The van der Waals surface area contributed by atoms with Gasteiger partial charge in [-0.1, -0.05) is 0 Å². The molecule has 0 aromatic heterocycles. The van der Waals surface area contributed by atoms with Gasteiger partial charge in [0.25, 0.3) is 0 Å². The van der Waals surface area contributed by atoms with Crippen molar-refractivity contribution in [3.05, 3.63) is 0 Å². The van der Waals surface area contributed by atoms with Crippen molar-refractivity contribution >= 4 is 0 Å². The third-order valence-electron chi connectivity index (χ3n) is 3.54. The highest BCUT2D eigenvalue weighted by molar-refractivity contribution is 4.98. The zero-order chi connectivity index (χ0) is 10.8. The van der Waals surface area contributed by atoms with E-state index in [1.807, 2.05) is 0 Å². The fourth-order valence-electron chi connectivity index (χ4n) is 2.72. The van der Waals surface area contributed by atoms with E-state index >= 15 is 0 Å². The Hall–Kier alpha value is -0.200. The quantitative estimate of drug-likeness (QED) is 0.517. The predicted molar refractivity (Wildman–Crippen MR) is 55.4 cm³/mol. The van der Waals surface area contributed by atoms with Crippen LogP contribution in [0.3, 0.4) is 0 Å². The van der Waals surface area contributed by atoms with E-state index in [1.54, 1.807) is 0 Å². The fourth-order valence-corrected chi connectivity index (χ4v) is 2.72. The molecule has 0 aromatic rings. The minimum atomic E-state index is -0.656. The molecule has 4 N–H and O–H groups in total. The number of ether oxygens (including phenoxy) is 1. The topological polar surface area (TPSA) is 79.0 Å². The molecule has 2 aliphatic rings. The number of hydrogen-bond donors (Lipinski definition) is 3. The van der Waals surface area contributed by atoms with Crippen LogP contribution in [0.15, 0.2) is 0 Å². The van der Waals surface area contributed by atoms with E-state index in [0.717, 1.165) is 13.1 Å². The standard InChI is InChI=1S/C10H20N2O3/c11-6-7-5-8(13)10(14)9(7)12-1-3-15-4-2-12/h7-10,13-14H,1-6,11H2/t7-,8-,9-,10-/m0/s1. The summed E-state index contributed by atoms with van der Waals surface area (Å²) in [5, 5.41) is 19.6. The van der Waals surface area contributed by atoms with Crippen molar-refractivity contribution in [1.82, 2.24) is 4.90 Å². The molecule has 1 aliphatic heterocycles. The lowest BCUT2D eigenvalue weighted by Gasteiger charge is -2.36. The number of nitrogens with two attached hydrogens (primary N) is 1. The van der Waals surface area contributed by atoms with E-state index in [9.17, 15) is 10.2 Å². The fraction of sp³-hybridized carbons (Fsp3) is 1.00. The van der Waals surface area contributed by atoms with Gasteiger partial charge in [0, 0.05) is 19.1 Å². The lowest BCUT2D eigenvalue weighted by Crippen LogP contribution is -2.51. The Labute approximate surface area is 89.8 Å². The molecule has 4 atom stereocenters. The van der Waals surface area contributed by atoms with Crippen LogP contribution in [0.2, 0.25) is 0 Å². The van der Waals surface area contributed by atoms with E-state index in [4.69, 9.17) is 10.5 Å². The summed E-state index contributed by atoms with van der Waals surface area (Å²) in [5.41, 5.74) is 5.68. The van der Waals surface area contributed by atoms with Crippen molar-refractivity contribution in [3.8, 4) is 0 Å². The number of morpholine rings is 1. The summed E-state index contributed by atoms with van der Waals surface area (Å²) >= 11 is 0. The van der Waals surface area contributed by atoms with Gasteiger partial charge < -0.3 is 20.7 Å². The molecule has 2 rings (SSSR count). The van der Waals surface area contributed by atoms with E-state index in [-0.39, 0.29) is 12.0 Å². The van der Waals surface area contributed by atoms with Crippen molar-refractivity contribution in [2.45, 2.75) is 24.7 Å². The summed E-state index contributed by atoms with van der Waals surface area (Å²) in [7, 11) is 0. The lowest BCUT2D eigenvalue weighted by atomic mass is 10.0. The minimum Gasteiger partial charge on any atom is -0.390 e. The van der Waals surface area contributed by atoms with Crippen LogP contribution >= 0.6 is 0 Å². The van der Waals surface area contributed by atoms with Crippen LogP contribution in [0.25, 0.3) is 0 Å².